The maximum absolute atomic E-state index is 13.2. The van der Waals surface area contributed by atoms with Crippen molar-refractivity contribution in [2.45, 2.75) is 19.6 Å². The highest BCUT2D eigenvalue weighted by Crippen LogP contribution is 2.32. The van der Waals surface area contributed by atoms with Gasteiger partial charge >= 0.3 is 0 Å². The van der Waals surface area contributed by atoms with Gasteiger partial charge in [-0.25, -0.2) is 9.97 Å². The maximum Gasteiger partial charge on any atom is 0.275 e. The Hall–Kier alpha value is -4.43. The SMILES string of the molecule is NCCCn1cc(-c2nc3cc4[nH]cnc4cc3[nH]c2=O)c2cc(OCc3ccccc3)ccc21. The number of nitrogens with zero attached hydrogens (tertiary/aromatic N) is 3. The molecule has 0 spiro atoms. The fraction of sp³-hybridized carbons (Fsp3) is 0.148. The summed E-state index contributed by atoms with van der Waals surface area (Å²) in [6.07, 6.45) is 4.44. The number of ether oxygens (including phenoxy) is 1. The molecule has 6 aromatic rings. The Morgan fingerprint density at radius 2 is 1.86 bits per heavy atom. The molecule has 8 heteroatoms. The van der Waals surface area contributed by atoms with E-state index in [1.807, 2.05) is 66.9 Å². The molecular formula is C27H24N6O2. The number of hydrogen-bond acceptors (Lipinski definition) is 5. The highest BCUT2D eigenvalue weighted by molar-refractivity contribution is 5.97. The van der Waals surface area contributed by atoms with Crippen molar-refractivity contribution in [3.05, 3.63) is 89.1 Å². The predicted octanol–water partition coefficient (Wildman–Crippen LogP) is 4.35. The molecule has 0 fully saturated rings. The number of rotatable bonds is 7. The van der Waals surface area contributed by atoms with Crippen LogP contribution >= 0.6 is 0 Å². The van der Waals surface area contributed by atoms with Crippen molar-refractivity contribution in [1.29, 1.82) is 0 Å². The molecule has 174 valence electrons. The Morgan fingerprint density at radius 3 is 2.71 bits per heavy atom. The van der Waals surface area contributed by atoms with E-state index in [2.05, 4.69) is 19.5 Å². The number of nitrogens with two attached hydrogens (primary N) is 1. The Bertz CT molecular complexity index is 1710. The smallest absolute Gasteiger partial charge is 0.275 e. The molecule has 0 bridgehead atoms. The van der Waals surface area contributed by atoms with Crippen LogP contribution in [0.4, 0.5) is 0 Å². The Labute approximate surface area is 200 Å². The average Bonchev–Trinajstić information content (AvgIpc) is 3.49. The fourth-order valence-electron chi connectivity index (χ4n) is 4.44. The molecule has 0 unspecified atom stereocenters. The van der Waals surface area contributed by atoms with Crippen LogP contribution in [-0.4, -0.2) is 31.0 Å². The van der Waals surface area contributed by atoms with E-state index in [-0.39, 0.29) is 5.56 Å². The number of aromatic nitrogens is 5. The van der Waals surface area contributed by atoms with E-state index >= 15 is 0 Å². The molecule has 0 aliphatic carbocycles. The van der Waals surface area contributed by atoms with Crippen LogP contribution in [-0.2, 0) is 13.2 Å². The third-order valence-electron chi connectivity index (χ3n) is 6.19. The lowest BCUT2D eigenvalue weighted by molar-refractivity contribution is 0.306. The van der Waals surface area contributed by atoms with Crippen molar-refractivity contribution in [2.24, 2.45) is 5.73 Å². The molecule has 3 heterocycles. The van der Waals surface area contributed by atoms with Crippen LogP contribution in [0.5, 0.6) is 5.75 Å². The number of aryl methyl sites for hydroxylation is 1. The molecule has 0 amide bonds. The van der Waals surface area contributed by atoms with E-state index in [0.717, 1.165) is 51.8 Å². The van der Waals surface area contributed by atoms with E-state index in [9.17, 15) is 4.79 Å². The van der Waals surface area contributed by atoms with E-state index in [0.29, 0.717) is 29.9 Å². The number of H-pyrrole nitrogens is 2. The van der Waals surface area contributed by atoms with Gasteiger partial charge in [0, 0.05) is 29.2 Å². The first-order valence-electron chi connectivity index (χ1n) is 11.6. The van der Waals surface area contributed by atoms with Gasteiger partial charge in [0.2, 0.25) is 0 Å². The van der Waals surface area contributed by atoms with Gasteiger partial charge in [-0.2, -0.15) is 0 Å². The fourth-order valence-corrected chi connectivity index (χ4v) is 4.44. The second-order valence-electron chi connectivity index (χ2n) is 8.54. The van der Waals surface area contributed by atoms with E-state index in [1.165, 1.54) is 0 Å². The highest BCUT2D eigenvalue weighted by atomic mass is 16.5. The second-order valence-corrected chi connectivity index (χ2v) is 8.54. The lowest BCUT2D eigenvalue weighted by atomic mass is 10.1. The van der Waals surface area contributed by atoms with Crippen LogP contribution in [0, 0.1) is 0 Å². The summed E-state index contributed by atoms with van der Waals surface area (Å²) < 4.78 is 8.20. The van der Waals surface area contributed by atoms with E-state index < -0.39 is 0 Å². The number of fused-ring (bicyclic) bond motifs is 3. The van der Waals surface area contributed by atoms with Crippen molar-refractivity contribution in [1.82, 2.24) is 24.5 Å². The van der Waals surface area contributed by atoms with Crippen LogP contribution in [0.25, 0.3) is 44.2 Å². The summed E-state index contributed by atoms with van der Waals surface area (Å²) in [5.41, 5.74) is 11.7. The lowest BCUT2D eigenvalue weighted by Gasteiger charge is -2.08. The number of imidazole rings is 1. The quantitative estimate of drug-likeness (QED) is 0.325. The van der Waals surface area contributed by atoms with Gasteiger partial charge in [-0.05, 0) is 48.9 Å². The minimum absolute atomic E-state index is 0.249. The number of aromatic amines is 2. The van der Waals surface area contributed by atoms with Crippen molar-refractivity contribution >= 4 is 33.0 Å². The summed E-state index contributed by atoms with van der Waals surface area (Å²) in [4.78, 5) is 28.3. The minimum Gasteiger partial charge on any atom is -0.489 e. The molecule has 0 saturated heterocycles. The van der Waals surface area contributed by atoms with E-state index in [4.69, 9.17) is 15.5 Å². The highest BCUT2D eigenvalue weighted by Gasteiger charge is 2.17. The van der Waals surface area contributed by atoms with Crippen molar-refractivity contribution in [3.8, 4) is 17.0 Å². The maximum atomic E-state index is 13.2. The summed E-state index contributed by atoms with van der Waals surface area (Å²) >= 11 is 0. The van der Waals surface area contributed by atoms with Gasteiger partial charge in [0.1, 0.15) is 18.1 Å². The molecule has 4 N–H and O–H groups in total. The zero-order valence-corrected chi connectivity index (χ0v) is 19.0. The first-order chi connectivity index (χ1) is 17.2. The standard InChI is InChI=1S/C27H24N6O2/c28-9-4-10-33-14-20(19-11-18(7-8-25(19)33)35-15-17-5-2-1-3-6-17)26-27(34)32-24-13-22-21(29-16-30-22)12-23(24)31-26/h1-3,5-8,11-14,16H,4,9-10,15,28H2,(H,29,30)(H,32,34). The van der Waals surface area contributed by atoms with Crippen molar-refractivity contribution in [3.63, 3.8) is 0 Å². The third kappa shape index (κ3) is 3.94. The van der Waals surface area contributed by atoms with Crippen molar-refractivity contribution in [2.75, 3.05) is 6.54 Å². The predicted molar refractivity (Wildman–Crippen MR) is 137 cm³/mol. The largest absolute Gasteiger partial charge is 0.489 e. The molecule has 0 atom stereocenters. The van der Waals surface area contributed by atoms with Crippen LogP contribution in [0.2, 0.25) is 0 Å². The monoisotopic (exact) mass is 464 g/mol. The first kappa shape index (κ1) is 21.1. The molecule has 0 aliphatic rings. The van der Waals surface area contributed by atoms with Gasteiger partial charge in [0.25, 0.3) is 5.56 Å². The number of benzene rings is 3. The zero-order chi connectivity index (χ0) is 23.8. The number of nitrogens with one attached hydrogen (secondary N) is 2. The van der Waals surface area contributed by atoms with Gasteiger partial charge < -0.3 is 25.0 Å². The van der Waals surface area contributed by atoms with Gasteiger partial charge in [-0.1, -0.05) is 30.3 Å². The Morgan fingerprint density at radius 1 is 1.00 bits per heavy atom. The molecule has 8 nitrogen and oxygen atoms in total. The molecule has 35 heavy (non-hydrogen) atoms. The molecule has 3 aromatic carbocycles. The molecule has 0 saturated carbocycles. The normalized spacial score (nSPS) is 11.6. The summed E-state index contributed by atoms with van der Waals surface area (Å²) in [5, 5.41) is 0.910. The van der Waals surface area contributed by atoms with Crippen LogP contribution < -0.4 is 16.0 Å². The minimum atomic E-state index is -0.249. The second kappa shape index (κ2) is 8.73. The zero-order valence-electron chi connectivity index (χ0n) is 19.0. The van der Waals surface area contributed by atoms with Gasteiger partial charge in [-0.3, -0.25) is 4.79 Å². The van der Waals surface area contributed by atoms with E-state index in [1.54, 1.807) is 6.33 Å². The summed E-state index contributed by atoms with van der Waals surface area (Å²) in [6, 6.07) is 19.7. The molecular weight excluding hydrogens is 440 g/mol. The molecule has 3 aromatic heterocycles. The van der Waals surface area contributed by atoms with Crippen LogP contribution in [0.15, 0.2) is 78.0 Å². The number of hydrogen-bond donors (Lipinski definition) is 3. The van der Waals surface area contributed by atoms with Crippen molar-refractivity contribution < 1.29 is 4.74 Å². The van der Waals surface area contributed by atoms with Gasteiger partial charge in [0.15, 0.2) is 0 Å². The summed E-state index contributed by atoms with van der Waals surface area (Å²) in [6.45, 7) is 1.80. The van der Waals surface area contributed by atoms with Gasteiger partial charge in [0.05, 0.1) is 28.4 Å². The lowest BCUT2D eigenvalue weighted by Crippen LogP contribution is -2.11. The first-order valence-corrected chi connectivity index (χ1v) is 11.6. The molecule has 6 rings (SSSR count). The van der Waals surface area contributed by atoms with Crippen LogP contribution in [0.1, 0.15) is 12.0 Å². The third-order valence-corrected chi connectivity index (χ3v) is 6.19. The summed E-state index contributed by atoms with van der Waals surface area (Å²) in [5.74, 6) is 0.732. The Kier molecular flexibility index (Phi) is 5.27. The van der Waals surface area contributed by atoms with Crippen LogP contribution in [0.3, 0.4) is 0 Å². The average molecular weight is 465 g/mol. The Balaban J connectivity index is 1.47. The van der Waals surface area contributed by atoms with Gasteiger partial charge in [-0.15, -0.1) is 0 Å². The molecule has 0 radical (unpaired) electrons. The summed E-state index contributed by atoms with van der Waals surface area (Å²) in [7, 11) is 0. The topological polar surface area (TPSA) is 115 Å². The molecule has 0 aliphatic heterocycles.